The number of hydrazone groups is 1. The molecule has 0 atom stereocenters. The second-order valence-corrected chi connectivity index (χ2v) is 5.40. The molecule has 2 aromatic carbocycles. The van der Waals surface area contributed by atoms with Gasteiger partial charge in [0.25, 0.3) is 5.91 Å². The Morgan fingerprint density at radius 3 is 2.67 bits per heavy atom. The molecule has 0 radical (unpaired) electrons. The molecule has 0 unspecified atom stereocenters. The van der Waals surface area contributed by atoms with E-state index >= 15 is 0 Å². The van der Waals surface area contributed by atoms with Gasteiger partial charge in [0.15, 0.2) is 6.61 Å². The zero-order valence-corrected chi connectivity index (χ0v) is 14.6. The number of hydrogen-bond acceptors (Lipinski definition) is 5. The molecule has 0 aliphatic carbocycles. The molecule has 8 heteroatoms. The Morgan fingerprint density at radius 2 is 1.93 bits per heavy atom. The summed E-state index contributed by atoms with van der Waals surface area (Å²) in [7, 11) is 0. The number of carbonyl (C=O) groups is 3. The summed E-state index contributed by atoms with van der Waals surface area (Å²) < 4.78 is 5.16. The fourth-order valence-corrected chi connectivity index (χ4v) is 2.07. The van der Waals surface area contributed by atoms with E-state index in [1.165, 1.54) is 6.21 Å². The summed E-state index contributed by atoms with van der Waals surface area (Å²) in [5.74, 6) is -1.36. The summed E-state index contributed by atoms with van der Waals surface area (Å²) in [6.45, 7) is 1.26. The van der Waals surface area contributed by atoms with Crippen LogP contribution in [0.2, 0.25) is 0 Å². The van der Waals surface area contributed by atoms with E-state index in [1.807, 2.05) is 0 Å². The summed E-state index contributed by atoms with van der Waals surface area (Å²) in [5, 5.41) is 15.2. The molecule has 0 aliphatic rings. The maximum Gasteiger partial charge on any atom is 0.341 e. The lowest BCUT2D eigenvalue weighted by atomic mass is 10.2. The molecule has 27 heavy (non-hydrogen) atoms. The van der Waals surface area contributed by atoms with Gasteiger partial charge in [-0.15, -0.1) is 0 Å². The summed E-state index contributed by atoms with van der Waals surface area (Å²) >= 11 is 0. The first-order valence-corrected chi connectivity index (χ1v) is 8.16. The van der Waals surface area contributed by atoms with Crippen molar-refractivity contribution in [3.05, 3.63) is 59.7 Å². The average Bonchev–Trinajstić information content (AvgIpc) is 2.67. The molecule has 0 heterocycles. The number of hydrogen-bond donors (Lipinski definition) is 3. The van der Waals surface area contributed by atoms with E-state index in [-0.39, 0.29) is 5.91 Å². The average molecular weight is 369 g/mol. The van der Waals surface area contributed by atoms with Crippen LogP contribution in [0.15, 0.2) is 53.6 Å². The van der Waals surface area contributed by atoms with Crippen LogP contribution in [0.25, 0.3) is 0 Å². The Kier molecular flexibility index (Phi) is 7.07. The summed E-state index contributed by atoms with van der Waals surface area (Å²) in [4.78, 5) is 34.2. The van der Waals surface area contributed by atoms with E-state index in [4.69, 9.17) is 9.84 Å². The Morgan fingerprint density at radius 1 is 1.15 bits per heavy atom. The van der Waals surface area contributed by atoms with E-state index in [0.29, 0.717) is 29.0 Å². The van der Waals surface area contributed by atoms with Crippen molar-refractivity contribution in [2.75, 3.05) is 11.9 Å². The van der Waals surface area contributed by atoms with Gasteiger partial charge in [-0.05, 0) is 30.3 Å². The van der Waals surface area contributed by atoms with Crippen LogP contribution in [0.3, 0.4) is 0 Å². The third-order valence-corrected chi connectivity index (χ3v) is 3.37. The number of anilines is 1. The number of carbonyl (C=O) groups excluding carboxylic acids is 2. The Labute approximate surface area is 155 Å². The van der Waals surface area contributed by atoms with E-state index in [9.17, 15) is 14.4 Å². The van der Waals surface area contributed by atoms with Crippen LogP contribution in [0, 0.1) is 0 Å². The molecule has 3 N–H and O–H groups in total. The topological polar surface area (TPSA) is 117 Å². The van der Waals surface area contributed by atoms with Gasteiger partial charge in [-0.3, -0.25) is 9.59 Å². The van der Waals surface area contributed by atoms with Crippen LogP contribution >= 0.6 is 0 Å². The van der Waals surface area contributed by atoms with E-state index in [1.54, 1.807) is 55.5 Å². The maximum atomic E-state index is 12.2. The third kappa shape index (κ3) is 6.28. The number of benzene rings is 2. The maximum absolute atomic E-state index is 12.2. The lowest BCUT2D eigenvalue weighted by Gasteiger charge is -2.07. The van der Waals surface area contributed by atoms with Crippen LogP contribution in [-0.2, 0) is 9.59 Å². The van der Waals surface area contributed by atoms with Gasteiger partial charge < -0.3 is 15.2 Å². The van der Waals surface area contributed by atoms with E-state index < -0.39 is 18.5 Å². The fourth-order valence-electron chi connectivity index (χ4n) is 2.07. The molecule has 0 bridgehead atoms. The highest BCUT2D eigenvalue weighted by atomic mass is 16.5. The van der Waals surface area contributed by atoms with Gasteiger partial charge in [0.2, 0.25) is 5.91 Å². The molecular weight excluding hydrogens is 350 g/mol. The molecule has 0 saturated carbocycles. The standard InChI is InChI=1S/C19H19N3O5/c1-2-17(23)21-15-8-5-7-13(10-15)19(26)22-20-11-14-6-3-4-9-16(14)27-12-18(24)25/h3-11H,2,12H2,1H3,(H,21,23)(H,22,26)(H,24,25)/b20-11+. The normalized spacial score (nSPS) is 10.4. The number of rotatable bonds is 8. The predicted molar refractivity (Wildman–Crippen MR) is 100.0 cm³/mol. The largest absolute Gasteiger partial charge is 0.481 e. The van der Waals surface area contributed by atoms with Crippen molar-refractivity contribution in [3.63, 3.8) is 0 Å². The second-order valence-electron chi connectivity index (χ2n) is 5.40. The van der Waals surface area contributed by atoms with Gasteiger partial charge in [-0.1, -0.05) is 25.1 Å². The predicted octanol–water partition coefficient (Wildman–Crippen LogP) is 2.26. The Hall–Kier alpha value is -3.68. The molecule has 140 valence electrons. The summed E-state index contributed by atoms with van der Waals surface area (Å²) in [6.07, 6.45) is 1.70. The fraction of sp³-hybridized carbons (Fsp3) is 0.158. The van der Waals surface area contributed by atoms with Crippen molar-refractivity contribution in [2.45, 2.75) is 13.3 Å². The lowest BCUT2D eigenvalue weighted by Crippen LogP contribution is -2.18. The van der Waals surface area contributed by atoms with E-state index in [2.05, 4.69) is 15.8 Å². The van der Waals surface area contributed by atoms with Crippen LogP contribution in [0.4, 0.5) is 5.69 Å². The van der Waals surface area contributed by atoms with Crippen molar-refractivity contribution in [3.8, 4) is 5.75 Å². The number of amides is 2. The minimum atomic E-state index is -1.09. The first-order chi connectivity index (χ1) is 13.0. The molecule has 2 amide bonds. The Bertz CT molecular complexity index is 864. The summed E-state index contributed by atoms with van der Waals surface area (Å²) in [6, 6.07) is 13.2. The van der Waals surface area contributed by atoms with Crippen LogP contribution in [0.1, 0.15) is 29.3 Å². The minimum absolute atomic E-state index is 0.149. The first-order valence-electron chi connectivity index (χ1n) is 8.16. The van der Waals surface area contributed by atoms with Crippen molar-refractivity contribution in [2.24, 2.45) is 5.10 Å². The van der Waals surface area contributed by atoms with Crippen molar-refractivity contribution in [1.82, 2.24) is 5.43 Å². The number of carboxylic acids is 1. The highest BCUT2D eigenvalue weighted by Gasteiger charge is 2.07. The van der Waals surface area contributed by atoms with Crippen LogP contribution in [0.5, 0.6) is 5.75 Å². The monoisotopic (exact) mass is 369 g/mol. The quantitative estimate of drug-likeness (QED) is 0.487. The molecule has 0 aromatic heterocycles. The van der Waals surface area contributed by atoms with Crippen molar-refractivity contribution < 1.29 is 24.2 Å². The molecule has 0 spiro atoms. The first kappa shape index (κ1) is 19.6. The van der Waals surface area contributed by atoms with Crippen molar-refractivity contribution in [1.29, 1.82) is 0 Å². The van der Waals surface area contributed by atoms with Gasteiger partial charge in [0, 0.05) is 23.2 Å². The smallest absolute Gasteiger partial charge is 0.341 e. The molecule has 2 aromatic rings. The van der Waals surface area contributed by atoms with Crippen LogP contribution < -0.4 is 15.5 Å². The number of aliphatic carboxylic acids is 1. The van der Waals surface area contributed by atoms with Gasteiger partial charge in [0.05, 0.1) is 6.21 Å². The number of ether oxygens (including phenoxy) is 1. The van der Waals surface area contributed by atoms with Gasteiger partial charge in [0.1, 0.15) is 5.75 Å². The van der Waals surface area contributed by atoms with Crippen molar-refractivity contribution >= 4 is 29.7 Å². The molecule has 2 rings (SSSR count). The molecule has 0 aliphatic heterocycles. The zero-order chi connectivity index (χ0) is 19.6. The summed E-state index contributed by atoms with van der Waals surface area (Å²) in [5.41, 5.74) is 3.75. The number of nitrogens with one attached hydrogen (secondary N) is 2. The van der Waals surface area contributed by atoms with E-state index in [0.717, 1.165) is 0 Å². The second kappa shape index (κ2) is 9.71. The number of para-hydroxylation sites is 1. The lowest BCUT2D eigenvalue weighted by molar-refractivity contribution is -0.139. The molecule has 8 nitrogen and oxygen atoms in total. The SMILES string of the molecule is CCC(=O)Nc1cccc(C(=O)N/N=C/c2ccccc2OCC(=O)O)c1. The minimum Gasteiger partial charge on any atom is -0.481 e. The van der Waals surface area contributed by atoms with Gasteiger partial charge >= 0.3 is 5.97 Å². The highest BCUT2D eigenvalue weighted by molar-refractivity contribution is 5.97. The zero-order valence-electron chi connectivity index (χ0n) is 14.6. The number of nitrogens with zero attached hydrogens (tertiary/aromatic N) is 1. The third-order valence-electron chi connectivity index (χ3n) is 3.37. The highest BCUT2D eigenvalue weighted by Crippen LogP contribution is 2.15. The molecular formula is C19H19N3O5. The Balaban J connectivity index is 2.02. The van der Waals surface area contributed by atoms with Crippen LogP contribution in [-0.4, -0.2) is 35.7 Å². The van der Waals surface area contributed by atoms with Gasteiger partial charge in [-0.25, -0.2) is 10.2 Å². The molecule has 0 fully saturated rings. The molecule has 0 saturated heterocycles. The van der Waals surface area contributed by atoms with Gasteiger partial charge in [-0.2, -0.15) is 5.10 Å². The number of carboxylic acid groups (broad SMARTS) is 1.